The highest BCUT2D eigenvalue weighted by Crippen LogP contribution is 2.27. The second-order valence-corrected chi connectivity index (χ2v) is 5.27. The first kappa shape index (κ1) is 14.7. The van der Waals surface area contributed by atoms with E-state index in [0.717, 1.165) is 45.6 Å². The van der Waals surface area contributed by atoms with Crippen LogP contribution in [0.2, 0.25) is 0 Å². The summed E-state index contributed by atoms with van der Waals surface area (Å²) in [6.07, 6.45) is 2.08. The van der Waals surface area contributed by atoms with Gasteiger partial charge in [-0.2, -0.15) is 0 Å². The van der Waals surface area contributed by atoms with Gasteiger partial charge in [0.25, 0.3) is 0 Å². The molecule has 0 radical (unpaired) electrons. The molecule has 2 fully saturated rings. The highest BCUT2D eigenvalue weighted by molar-refractivity contribution is 5.85. The van der Waals surface area contributed by atoms with Crippen molar-refractivity contribution < 1.29 is 9.53 Å². The lowest BCUT2D eigenvalue weighted by Crippen LogP contribution is -2.45. The Morgan fingerprint density at radius 2 is 2.29 bits per heavy atom. The Labute approximate surface area is 109 Å². The summed E-state index contributed by atoms with van der Waals surface area (Å²) < 4.78 is 5.57. The number of hydrogen-bond donors (Lipinski definition) is 1. The average molecular weight is 263 g/mol. The third kappa shape index (κ3) is 3.33. The summed E-state index contributed by atoms with van der Waals surface area (Å²) in [5.74, 6) is 0.301. The number of ether oxygens (including phenoxy) is 1. The van der Waals surface area contributed by atoms with Gasteiger partial charge >= 0.3 is 0 Å². The second kappa shape index (κ2) is 6.03. The van der Waals surface area contributed by atoms with Gasteiger partial charge in [-0.05, 0) is 33.2 Å². The van der Waals surface area contributed by atoms with E-state index in [1.807, 2.05) is 11.8 Å². The molecule has 0 spiro atoms. The van der Waals surface area contributed by atoms with Crippen LogP contribution in [0.1, 0.15) is 26.7 Å². The van der Waals surface area contributed by atoms with E-state index in [2.05, 4.69) is 12.2 Å². The number of carbonyl (C=O) groups is 1. The molecule has 1 amide bonds. The van der Waals surface area contributed by atoms with Gasteiger partial charge in [0.05, 0.1) is 11.5 Å². The topological polar surface area (TPSA) is 41.6 Å². The van der Waals surface area contributed by atoms with Crippen molar-refractivity contribution in [1.82, 2.24) is 10.2 Å². The van der Waals surface area contributed by atoms with Crippen molar-refractivity contribution in [2.45, 2.75) is 32.8 Å². The molecular weight excluding hydrogens is 240 g/mol. The van der Waals surface area contributed by atoms with Crippen LogP contribution in [0.15, 0.2) is 0 Å². The van der Waals surface area contributed by atoms with Gasteiger partial charge in [0.2, 0.25) is 5.91 Å². The number of hydrogen-bond acceptors (Lipinski definition) is 3. The smallest absolute Gasteiger partial charge is 0.229 e. The summed E-state index contributed by atoms with van der Waals surface area (Å²) in [6, 6.07) is 0. The van der Waals surface area contributed by atoms with Crippen LogP contribution in [0.4, 0.5) is 0 Å². The van der Waals surface area contributed by atoms with Crippen molar-refractivity contribution in [3.05, 3.63) is 0 Å². The molecule has 2 atom stereocenters. The molecular formula is C12H23ClN2O2. The Morgan fingerprint density at radius 3 is 2.94 bits per heavy atom. The summed E-state index contributed by atoms with van der Waals surface area (Å²) >= 11 is 0. The van der Waals surface area contributed by atoms with Crippen LogP contribution in [0.3, 0.4) is 0 Å². The minimum atomic E-state index is -0.190. The zero-order valence-corrected chi connectivity index (χ0v) is 11.5. The van der Waals surface area contributed by atoms with E-state index < -0.39 is 0 Å². The van der Waals surface area contributed by atoms with E-state index in [1.54, 1.807) is 0 Å². The van der Waals surface area contributed by atoms with Gasteiger partial charge in [0.15, 0.2) is 0 Å². The normalized spacial score (nSPS) is 34.0. The highest BCUT2D eigenvalue weighted by atomic mass is 35.5. The predicted molar refractivity (Wildman–Crippen MR) is 69.5 cm³/mol. The maximum atomic E-state index is 12.5. The first-order valence-electron chi connectivity index (χ1n) is 6.23. The summed E-state index contributed by atoms with van der Waals surface area (Å²) in [5.41, 5.74) is -0.190. The third-order valence-corrected chi connectivity index (χ3v) is 3.62. The van der Waals surface area contributed by atoms with Gasteiger partial charge in [-0.15, -0.1) is 12.4 Å². The van der Waals surface area contributed by atoms with Crippen molar-refractivity contribution in [2.75, 3.05) is 32.8 Å². The van der Waals surface area contributed by atoms with Crippen LogP contribution >= 0.6 is 12.4 Å². The first-order valence-corrected chi connectivity index (χ1v) is 6.23. The minimum Gasteiger partial charge on any atom is -0.377 e. The lowest BCUT2D eigenvalue weighted by Gasteiger charge is -2.31. The van der Waals surface area contributed by atoms with Crippen molar-refractivity contribution >= 4 is 18.3 Å². The number of nitrogens with zero attached hydrogens (tertiary/aromatic N) is 1. The van der Waals surface area contributed by atoms with E-state index in [1.165, 1.54) is 0 Å². The van der Waals surface area contributed by atoms with Gasteiger partial charge < -0.3 is 15.0 Å². The van der Waals surface area contributed by atoms with Crippen LogP contribution in [0, 0.1) is 5.41 Å². The van der Waals surface area contributed by atoms with E-state index in [4.69, 9.17) is 4.74 Å². The predicted octanol–water partition coefficient (Wildman–Crippen LogP) is 1.05. The number of carbonyl (C=O) groups excluding carboxylic acids is 1. The fraction of sp³-hybridized carbons (Fsp3) is 0.917. The van der Waals surface area contributed by atoms with E-state index in [-0.39, 0.29) is 23.9 Å². The molecule has 2 heterocycles. The number of nitrogens with one attached hydrogen (secondary N) is 1. The standard InChI is InChI=1S/C12H22N2O2.ClH/c1-10-8-14(6-3-7-16-10)11(15)12(2)4-5-13-9-12;/h10,13H,3-9H2,1-2H3;1H. The molecule has 0 aromatic carbocycles. The Morgan fingerprint density at radius 1 is 1.53 bits per heavy atom. The average Bonchev–Trinajstić information content (AvgIpc) is 2.58. The fourth-order valence-electron chi connectivity index (χ4n) is 2.56. The summed E-state index contributed by atoms with van der Waals surface area (Å²) in [4.78, 5) is 14.4. The Hall–Kier alpha value is -0.320. The maximum Gasteiger partial charge on any atom is 0.229 e. The monoisotopic (exact) mass is 262 g/mol. The molecule has 5 heteroatoms. The van der Waals surface area contributed by atoms with Crippen molar-refractivity contribution in [3.63, 3.8) is 0 Å². The van der Waals surface area contributed by atoms with E-state index >= 15 is 0 Å². The molecule has 100 valence electrons. The Kier molecular flexibility index (Phi) is 5.22. The lowest BCUT2D eigenvalue weighted by molar-refractivity contribution is -0.140. The molecule has 1 N–H and O–H groups in total. The molecule has 0 aliphatic carbocycles. The SMILES string of the molecule is CC1CN(C(=O)C2(C)CCNC2)CCCO1.Cl. The zero-order valence-electron chi connectivity index (χ0n) is 10.7. The van der Waals surface area contributed by atoms with Crippen LogP contribution in [0.5, 0.6) is 0 Å². The highest BCUT2D eigenvalue weighted by Gasteiger charge is 2.39. The van der Waals surface area contributed by atoms with Crippen LogP contribution in [-0.2, 0) is 9.53 Å². The molecule has 2 saturated heterocycles. The molecule has 2 aliphatic rings. The molecule has 2 unspecified atom stereocenters. The van der Waals surface area contributed by atoms with Crippen LogP contribution in [-0.4, -0.2) is 49.7 Å². The maximum absolute atomic E-state index is 12.5. The summed E-state index contributed by atoms with van der Waals surface area (Å²) in [7, 11) is 0. The van der Waals surface area contributed by atoms with Crippen LogP contribution < -0.4 is 5.32 Å². The summed E-state index contributed by atoms with van der Waals surface area (Å²) in [6.45, 7) is 8.26. The molecule has 0 aromatic heterocycles. The lowest BCUT2D eigenvalue weighted by atomic mass is 9.88. The molecule has 4 nitrogen and oxygen atoms in total. The van der Waals surface area contributed by atoms with Crippen molar-refractivity contribution in [3.8, 4) is 0 Å². The molecule has 0 saturated carbocycles. The molecule has 2 rings (SSSR count). The molecule has 17 heavy (non-hydrogen) atoms. The molecule has 2 aliphatic heterocycles. The minimum absolute atomic E-state index is 0. The van der Waals surface area contributed by atoms with Gasteiger partial charge in [-0.3, -0.25) is 4.79 Å². The van der Waals surface area contributed by atoms with Crippen molar-refractivity contribution in [2.24, 2.45) is 5.41 Å². The fourth-order valence-corrected chi connectivity index (χ4v) is 2.56. The van der Waals surface area contributed by atoms with Gasteiger partial charge in [-0.25, -0.2) is 0 Å². The third-order valence-electron chi connectivity index (χ3n) is 3.62. The zero-order chi connectivity index (χ0) is 11.6. The summed E-state index contributed by atoms with van der Waals surface area (Å²) in [5, 5.41) is 3.28. The Bertz CT molecular complexity index is 267. The number of halogens is 1. The first-order chi connectivity index (χ1) is 7.62. The number of rotatable bonds is 1. The second-order valence-electron chi connectivity index (χ2n) is 5.27. The van der Waals surface area contributed by atoms with Crippen LogP contribution in [0.25, 0.3) is 0 Å². The van der Waals surface area contributed by atoms with Gasteiger partial charge in [-0.1, -0.05) is 0 Å². The Balaban J connectivity index is 0.00000144. The van der Waals surface area contributed by atoms with Gasteiger partial charge in [0.1, 0.15) is 0 Å². The van der Waals surface area contributed by atoms with E-state index in [9.17, 15) is 4.79 Å². The van der Waals surface area contributed by atoms with E-state index in [0.29, 0.717) is 5.91 Å². The van der Waals surface area contributed by atoms with Crippen molar-refractivity contribution in [1.29, 1.82) is 0 Å². The largest absolute Gasteiger partial charge is 0.377 e. The molecule has 0 aromatic rings. The quantitative estimate of drug-likeness (QED) is 0.768. The number of amides is 1. The molecule has 0 bridgehead atoms. The van der Waals surface area contributed by atoms with Gasteiger partial charge in [0, 0.05) is 26.2 Å².